The van der Waals surface area contributed by atoms with Crippen molar-refractivity contribution in [3.63, 3.8) is 0 Å². The summed E-state index contributed by atoms with van der Waals surface area (Å²) >= 11 is 6.16. The third-order valence-electron chi connectivity index (χ3n) is 3.57. The molecule has 5 heteroatoms. The van der Waals surface area contributed by atoms with Gasteiger partial charge in [0.1, 0.15) is 5.52 Å². The van der Waals surface area contributed by atoms with Gasteiger partial charge in [0, 0.05) is 36.1 Å². The molecule has 0 aliphatic carbocycles. The quantitative estimate of drug-likeness (QED) is 0.695. The van der Waals surface area contributed by atoms with Crippen LogP contribution >= 0.6 is 11.6 Å². The molecule has 108 valence electrons. The number of benzene rings is 1. The normalized spacial score (nSPS) is 11.5. The van der Waals surface area contributed by atoms with Gasteiger partial charge in [-0.15, -0.1) is 0 Å². The number of aryl methyl sites for hydroxylation is 1. The van der Waals surface area contributed by atoms with E-state index in [1.54, 1.807) is 23.1 Å². The van der Waals surface area contributed by atoms with Crippen molar-refractivity contribution < 1.29 is 4.39 Å². The number of aromatic nitrogens is 3. The van der Waals surface area contributed by atoms with Gasteiger partial charge in [-0.1, -0.05) is 25.4 Å². The molecule has 0 fully saturated rings. The van der Waals surface area contributed by atoms with Crippen molar-refractivity contribution in [1.29, 1.82) is 0 Å². The monoisotopic (exact) mass is 303 g/mol. The van der Waals surface area contributed by atoms with Gasteiger partial charge in [0.15, 0.2) is 5.82 Å². The maximum absolute atomic E-state index is 14.4. The van der Waals surface area contributed by atoms with E-state index >= 15 is 0 Å². The molecule has 2 heterocycles. The van der Waals surface area contributed by atoms with Crippen LogP contribution in [0, 0.1) is 5.82 Å². The maximum atomic E-state index is 14.4. The Morgan fingerprint density at radius 3 is 2.71 bits per heavy atom. The molecule has 3 rings (SSSR count). The first-order chi connectivity index (χ1) is 9.99. The van der Waals surface area contributed by atoms with Crippen molar-refractivity contribution in [3.8, 4) is 11.1 Å². The van der Waals surface area contributed by atoms with Gasteiger partial charge in [-0.3, -0.25) is 9.67 Å². The van der Waals surface area contributed by atoms with Gasteiger partial charge in [-0.05, 0) is 29.7 Å². The average molecular weight is 304 g/mol. The summed E-state index contributed by atoms with van der Waals surface area (Å²) in [6, 6.07) is 5.21. The van der Waals surface area contributed by atoms with Gasteiger partial charge in [-0.25, -0.2) is 4.39 Å². The minimum atomic E-state index is -0.335. The summed E-state index contributed by atoms with van der Waals surface area (Å²) < 4.78 is 16.1. The van der Waals surface area contributed by atoms with Crippen molar-refractivity contribution >= 4 is 22.5 Å². The van der Waals surface area contributed by atoms with Gasteiger partial charge in [-0.2, -0.15) is 5.10 Å². The molecule has 0 aliphatic heterocycles. The van der Waals surface area contributed by atoms with Crippen LogP contribution in [0.3, 0.4) is 0 Å². The molecule has 0 unspecified atom stereocenters. The van der Waals surface area contributed by atoms with Crippen LogP contribution in [0.15, 0.2) is 30.6 Å². The first-order valence-electron chi connectivity index (χ1n) is 6.75. The van der Waals surface area contributed by atoms with E-state index in [9.17, 15) is 4.39 Å². The molecule has 0 saturated heterocycles. The van der Waals surface area contributed by atoms with Crippen LogP contribution in [0.5, 0.6) is 0 Å². The fourth-order valence-corrected chi connectivity index (χ4v) is 2.95. The minimum absolute atomic E-state index is 0.252. The van der Waals surface area contributed by atoms with E-state index < -0.39 is 0 Å². The SMILES string of the molecule is CC(C)c1c2cc(-c3ccncc3Cl)cc(F)c2nn1C. The van der Waals surface area contributed by atoms with E-state index in [-0.39, 0.29) is 11.7 Å². The predicted molar refractivity (Wildman–Crippen MR) is 83.0 cm³/mol. The van der Waals surface area contributed by atoms with Crippen molar-refractivity contribution in [2.75, 3.05) is 0 Å². The van der Waals surface area contributed by atoms with E-state index in [0.29, 0.717) is 10.5 Å². The summed E-state index contributed by atoms with van der Waals surface area (Å²) in [5, 5.41) is 5.62. The van der Waals surface area contributed by atoms with Crippen LogP contribution in [0.1, 0.15) is 25.5 Å². The maximum Gasteiger partial charge on any atom is 0.151 e. The Kier molecular flexibility index (Phi) is 3.41. The summed E-state index contributed by atoms with van der Waals surface area (Å²) in [6.07, 6.45) is 3.21. The van der Waals surface area contributed by atoms with E-state index in [2.05, 4.69) is 23.9 Å². The Morgan fingerprint density at radius 1 is 1.29 bits per heavy atom. The number of fused-ring (bicyclic) bond motifs is 1. The lowest BCUT2D eigenvalue weighted by Gasteiger charge is -2.08. The van der Waals surface area contributed by atoms with E-state index in [4.69, 9.17) is 11.6 Å². The molecule has 21 heavy (non-hydrogen) atoms. The van der Waals surface area contributed by atoms with E-state index in [1.165, 1.54) is 6.07 Å². The largest absolute Gasteiger partial charge is 0.271 e. The van der Waals surface area contributed by atoms with Crippen LogP contribution in [0.2, 0.25) is 5.02 Å². The second-order valence-corrected chi connectivity index (χ2v) is 5.78. The lowest BCUT2D eigenvalue weighted by atomic mass is 10.0. The topological polar surface area (TPSA) is 30.7 Å². The predicted octanol–water partition coefficient (Wildman–Crippen LogP) is 4.55. The van der Waals surface area contributed by atoms with Crippen LogP contribution in [0.4, 0.5) is 4.39 Å². The third-order valence-corrected chi connectivity index (χ3v) is 3.87. The fraction of sp³-hybridized carbons (Fsp3) is 0.250. The minimum Gasteiger partial charge on any atom is -0.271 e. The Bertz CT molecular complexity index is 824. The highest BCUT2D eigenvalue weighted by molar-refractivity contribution is 6.33. The van der Waals surface area contributed by atoms with Gasteiger partial charge >= 0.3 is 0 Å². The van der Waals surface area contributed by atoms with Crippen molar-refractivity contribution in [1.82, 2.24) is 14.8 Å². The molecule has 0 spiro atoms. The average Bonchev–Trinajstić information content (AvgIpc) is 2.76. The smallest absolute Gasteiger partial charge is 0.151 e. The number of hydrogen-bond donors (Lipinski definition) is 0. The molecular weight excluding hydrogens is 289 g/mol. The lowest BCUT2D eigenvalue weighted by Crippen LogP contribution is -1.99. The van der Waals surface area contributed by atoms with Gasteiger partial charge in [0.2, 0.25) is 0 Å². The summed E-state index contributed by atoms with van der Waals surface area (Å²) in [7, 11) is 1.84. The summed E-state index contributed by atoms with van der Waals surface area (Å²) in [5.41, 5.74) is 2.92. The molecule has 1 aromatic carbocycles. The number of rotatable bonds is 2. The molecule has 0 radical (unpaired) electrons. The standard InChI is InChI=1S/C16H15ClFN3/c1-9(2)16-12-6-10(11-4-5-19-8-13(11)17)7-14(18)15(12)20-21(16)3/h4-9H,1-3H3. The Hall–Kier alpha value is -1.94. The summed E-state index contributed by atoms with van der Waals surface area (Å²) in [6.45, 7) is 4.14. The first-order valence-corrected chi connectivity index (χ1v) is 7.13. The fourth-order valence-electron chi connectivity index (χ4n) is 2.72. The Labute approximate surface area is 127 Å². The summed E-state index contributed by atoms with van der Waals surface area (Å²) in [4.78, 5) is 3.96. The first kappa shape index (κ1) is 14.0. The van der Waals surface area contributed by atoms with Crippen LogP contribution < -0.4 is 0 Å². The molecule has 0 N–H and O–H groups in total. The van der Waals surface area contributed by atoms with Gasteiger partial charge in [0.05, 0.1) is 5.02 Å². The zero-order valence-electron chi connectivity index (χ0n) is 12.1. The molecule has 0 atom stereocenters. The zero-order valence-corrected chi connectivity index (χ0v) is 12.8. The lowest BCUT2D eigenvalue weighted by molar-refractivity contribution is 0.629. The molecule has 2 aromatic heterocycles. The second-order valence-electron chi connectivity index (χ2n) is 5.37. The zero-order chi connectivity index (χ0) is 15.1. The molecule has 3 aromatic rings. The van der Waals surface area contributed by atoms with E-state index in [0.717, 1.165) is 22.2 Å². The van der Waals surface area contributed by atoms with E-state index in [1.807, 2.05) is 13.1 Å². The van der Waals surface area contributed by atoms with Crippen LogP contribution in [-0.2, 0) is 7.05 Å². The highest BCUT2D eigenvalue weighted by Crippen LogP contribution is 2.33. The van der Waals surface area contributed by atoms with Gasteiger partial charge in [0.25, 0.3) is 0 Å². The Morgan fingerprint density at radius 2 is 2.05 bits per heavy atom. The molecule has 0 saturated carbocycles. The molecule has 0 amide bonds. The number of nitrogens with zero attached hydrogens (tertiary/aromatic N) is 3. The second kappa shape index (κ2) is 5.11. The highest BCUT2D eigenvalue weighted by Gasteiger charge is 2.17. The Balaban J connectivity index is 2.32. The van der Waals surface area contributed by atoms with Crippen molar-refractivity contribution in [2.24, 2.45) is 7.05 Å². The molecular formula is C16H15ClFN3. The highest BCUT2D eigenvalue weighted by atomic mass is 35.5. The number of halogens is 2. The van der Waals surface area contributed by atoms with Crippen LogP contribution in [0.25, 0.3) is 22.0 Å². The molecule has 0 bridgehead atoms. The van der Waals surface area contributed by atoms with Gasteiger partial charge < -0.3 is 0 Å². The third kappa shape index (κ3) is 2.29. The number of pyridine rings is 1. The summed E-state index contributed by atoms with van der Waals surface area (Å²) in [5.74, 6) is -0.0829. The molecule has 0 aliphatic rings. The van der Waals surface area contributed by atoms with Crippen molar-refractivity contribution in [3.05, 3.63) is 47.1 Å². The number of hydrogen-bond acceptors (Lipinski definition) is 2. The molecule has 3 nitrogen and oxygen atoms in total. The van der Waals surface area contributed by atoms with Crippen molar-refractivity contribution in [2.45, 2.75) is 19.8 Å². The van der Waals surface area contributed by atoms with Crippen LogP contribution in [-0.4, -0.2) is 14.8 Å².